The van der Waals surface area contributed by atoms with Crippen molar-refractivity contribution in [2.45, 2.75) is 50.9 Å². The number of likely N-dealkylation sites (N-methyl/N-ethyl adjacent to an activating group) is 1. The van der Waals surface area contributed by atoms with Gasteiger partial charge >= 0.3 is 6.03 Å². The molecule has 0 spiro atoms. The molecule has 1 aromatic rings. The van der Waals surface area contributed by atoms with Crippen molar-refractivity contribution in [3.05, 3.63) is 23.8 Å². The van der Waals surface area contributed by atoms with Gasteiger partial charge in [0.2, 0.25) is 5.91 Å². The van der Waals surface area contributed by atoms with Crippen molar-refractivity contribution < 1.29 is 23.9 Å². The summed E-state index contributed by atoms with van der Waals surface area (Å²) in [7, 11) is 3.36. The Morgan fingerprint density at radius 2 is 2.07 bits per heavy atom. The summed E-state index contributed by atoms with van der Waals surface area (Å²) >= 11 is 0. The highest BCUT2D eigenvalue weighted by Crippen LogP contribution is 2.32. The first-order valence-corrected chi connectivity index (χ1v) is 10.4. The molecule has 0 aliphatic carbocycles. The molecule has 3 N–H and O–H groups in total. The van der Waals surface area contributed by atoms with Gasteiger partial charge in [-0.05, 0) is 37.5 Å². The lowest BCUT2D eigenvalue weighted by molar-refractivity contribution is -0.133. The molecule has 1 aromatic carbocycles. The van der Waals surface area contributed by atoms with Crippen molar-refractivity contribution >= 4 is 23.5 Å². The Hall–Kier alpha value is -2.81. The third-order valence-corrected chi connectivity index (χ3v) is 5.50. The molecule has 2 heterocycles. The normalized spacial score (nSPS) is 23.2. The minimum Gasteiger partial charge on any atom is -0.490 e. The zero-order valence-corrected chi connectivity index (χ0v) is 17.7. The van der Waals surface area contributed by atoms with E-state index in [-0.39, 0.29) is 42.7 Å². The molecular formula is C21H30N4O5. The van der Waals surface area contributed by atoms with E-state index in [0.29, 0.717) is 36.4 Å². The third kappa shape index (κ3) is 5.02. The molecule has 164 valence electrons. The summed E-state index contributed by atoms with van der Waals surface area (Å²) in [6, 6.07) is 4.57. The molecule has 0 saturated carbocycles. The molecule has 30 heavy (non-hydrogen) atoms. The summed E-state index contributed by atoms with van der Waals surface area (Å²) in [4.78, 5) is 38.5. The van der Waals surface area contributed by atoms with Gasteiger partial charge in [0.1, 0.15) is 18.5 Å². The molecule has 0 unspecified atom stereocenters. The topological polar surface area (TPSA) is 109 Å². The van der Waals surface area contributed by atoms with E-state index in [1.807, 2.05) is 6.92 Å². The van der Waals surface area contributed by atoms with E-state index in [4.69, 9.17) is 9.47 Å². The Balaban J connectivity index is 1.74. The van der Waals surface area contributed by atoms with Gasteiger partial charge < -0.3 is 30.3 Å². The van der Waals surface area contributed by atoms with E-state index in [0.717, 1.165) is 12.8 Å². The van der Waals surface area contributed by atoms with Gasteiger partial charge in [-0.1, -0.05) is 6.92 Å². The average molecular weight is 418 g/mol. The maximum Gasteiger partial charge on any atom is 0.319 e. The second-order valence-corrected chi connectivity index (χ2v) is 7.64. The zero-order valence-electron chi connectivity index (χ0n) is 17.7. The van der Waals surface area contributed by atoms with Gasteiger partial charge in [-0.3, -0.25) is 9.59 Å². The number of hydrogen-bond acceptors (Lipinski definition) is 5. The van der Waals surface area contributed by atoms with E-state index < -0.39 is 0 Å². The predicted octanol–water partition coefficient (Wildman–Crippen LogP) is 1.73. The number of nitrogens with zero attached hydrogens (tertiary/aromatic N) is 1. The molecule has 0 radical (unpaired) electrons. The maximum atomic E-state index is 13.2. The summed E-state index contributed by atoms with van der Waals surface area (Å²) < 4.78 is 12.0. The van der Waals surface area contributed by atoms with Gasteiger partial charge in [0, 0.05) is 26.3 Å². The van der Waals surface area contributed by atoms with E-state index in [1.165, 1.54) is 0 Å². The Morgan fingerprint density at radius 3 is 2.80 bits per heavy atom. The van der Waals surface area contributed by atoms with Crippen LogP contribution in [-0.4, -0.2) is 68.2 Å². The molecule has 9 heteroatoms. The molecule has 2 aliphatic rings. The number of ether oxygens (including phenoxy) is 2. The molecule has 3 rings (SSSR count). The van der Waals surface area contributed by atoms with Gasteiger partial charge in [0.25, 0.3) is 5.91 Å². The van der Waals surface area contributed by atoms with Crippen LogP contribution in [0.1, 0.15) is 43.0 Å². The Morgan fingerprint density at radius 1 is 1.27 bits per heavy atom. The van der Waals surface area contributed by atoms with E-state index in [2.05, 4.69) is 16.0 Å². The molecule has 1 saturated heterocycles. The smallest absolute Gasteiger partial charge is 0.319 e. The molecule has 4 amide bonds. The molecule has 1 fully saturated rings. The number of carbonyl (C=O) groups is 3. The number of hydrogen-bond donors (Lipinski definition) is 3. The van der Waals surface area contributed by atoms with Crippen LogP contribution in [0.2, 0.25) is 0 Å². The molecule has 0 aromatic heterocycles. The highest BCUT2D eigenvalue weighted by atomic mass is 16.5. The molecule has 2 aliphatic heterocycles. The molecule has 9 nitrogen and oxygen atoms in total. The van der Waals surface area contributed by atoms with Gasteiger partial charge in [0.15, 0.2) is 0 Å². The fourth-order valence-corrected chi connectivity index (χ4v) is 3.83. The fraction of sp³-hybridized carbons (Fsp3) is 0.571. The van der Waals surface area contributed by atoms with Gasteiger partial charge in [-0.15, -0.1) is 0 Å². The van der Waals surface area contributed by atoms with Crippen LogP contribution >= 0.6 is 0 Å². The number of urea groups is 1. The van der Waals surface area contributed by atoms with Crippen molar-refractivity contribution in [2.24, 2.45) is 0 Å². The van der Waals surface area contributed by atoms with Crippen molar-refractivity contribution in [2.75, 3.05) is 32.6 Å². The number of nitrogens with one attached hydrogen (secondary N) is 3. The highest BCUT2D eigenvalue weighted by molar-refractivity contribution is 5.99. The monoisotopic (exact) mass is 418 g/mol. The van der Waals surface area contributed by atoms with Gasteiger partial charge in [0.05, 0.1) is 24.1 Å². The number of rotatable bonds is 5. The second-order valence-electron chi connectivity index (χ2n) is 7.64. The molecule has 0 bridgehead atoms. The summed E-state index contributed by atoms with van der Waals surface area (Å²) in [5, 5.41) is 8.10. The predicted molar refractivity (Wildman–Crippen MR) is 112 cm³/mol. The zero-order chi connectivity index (χ0) is 21.7. The fourth-order valence-electron chi connectivity index (χ4n) is 3.83. The first-order valence-electron chi connectivity index (χ1n) is 10.4. The largest absolute Gasteiger partial charge is 0.490 e. The number of fused-ring (bicyclic) bond motifs is 2. The first kappa shape index (κ1) is 21.9. The van der Waals surface area contributed by atoms with Crippen LogP contribution in [0.5, 0.6) is 5.75 Å². The summed E-state index contributed by atoms with van der Waals surface area (Å²) in [5.74, 6) is 0.190. The van der Waals surface area contributed by atoms with Crippen LogP contribution in [0.3, 0.4) is 0 Å². The van der Waals surface area contributed by atoms with Crippen LogP contribution in [0.4, 0.5) is 10.5 Å². The quantitative estimate of drug-likeness (QED) is 0.675. The lowest BCUT2D eigenvalue weighted by Gasteiger charge is -2.42. The average Bonchev–Trinajstić information content (AvgIpc) is 2.75. The van der Waals surface area contributed by atoms with Gasteiger partial charge in [-0.2, -0.15) is 0 Å². The maximum absolute atomic E-state index is 13.2. The van der Waals surface area contributed by atoms with E-state index in [1.54, 1.807) is 37.2 Å². The Kier molecular flexibility index (Phi) is 7.15. The summed E-state index contributed by atoms with van der Waals surface area (Å²) in [6.45, 7) is 2.83. The first-order chi connectivity index (χ1) is 14.4. The van der Waals surface area contributed by atoms with Crippen molar-refractivity contribution in [1.29, 1.82) is 0 Å². The molecule has 3 atom stereocenters. The van der Waals surface area contributed by atoms with Crippen LogP contribution < -0.4 is 20.7 Å². The van der Waals surface area contributed by atoms with Crippen LogP contribution in [-0.2, 0) is 9.53 Å². The third-order valence-electron chi connectivity index (χ3n) is 5.50. The second kappa shape index (κ2) is 9.80. The van der Waals surface area contributed by atoms with Crippen molar-refractivity contribution in [1.82, 2.24) is 15.5 Å². The van der Waals surface area contributed by atoms with Gasteiger partial charge in [-0.25, -0.2) is 4.79 Å². The standard InChI is InChI=1S/C21H30N4O5/c1-4-9-23-21(28)24-13-5-8-17-15(10-13)20(27)25(3)16-7-6-14(11-19(26)22-2)30-18(16)12-29-17/h5,8,10,14,16,18H,4,6-7,9,11-12H2,1-3H3,(H,22,26)(H2,23,24,28)/t14-,16-,18+/m1/s1. The summed E-state index contributed by atoms with van der Waals surface area (Å²) in [6.07, 6.45) is 2.05. The Labute approximate surface area is 176 Å². The van der Waals surface area contributed by atoms with E-state index >= 15 is 0 Å². The van der Waals surface area contributed by atoms with Crippen molar-refractivity contribution in [3.63, 3.8) is 0 Å². The van der Waals surface area contributed by atoms with Crippen molar-refractivity contribution in [3.8, 4) is 5.75 Å². The van der Waals surface area contributed by atoms with Crippen LogP contribution in [0.15, 0.2) is 18.2 Å². The van der Waals surface area contributed by atoms with Crippen LogP contribution in [0, 0.1) is 0 Å². The summed E-state index contributed by atoms with van der Waals surface area (Å²) in [5.41, 5.74) is 0.923. The minimum atomic E-state index is -0.313. The lowest BCUT2D eigenvalue weighted by atomic mass is 9.94. The number of anilines is 1. The number of benzene rings is 1. The highest BCUT2D eigenvalue weighted by Gasteiger charge is 2.39. The van der Waals surface area contributed by atoms with E-state index in [9.17, 15) is 14.4 Å². The number of amides is 4. The SMILES string of the molecule is CCCNC(=O)Nc1ccc2c(c1)C(=O)N(C)[C@@H]1CC[C@H](CC(=O)NC)O[C@H]1CO2. The Bertz CT molecular complexity index is 800. The van der Waals surface area contributed by atoms with Crippen LogP contribution in [0.25, 0.3) is 0 Å². The lowest BCUT2D eigenvalue weighted by Crippen LogP contribution is -2.53. The molecular weight excluding hydrogens is 388 g/mol. The minimum absolute atomic E-state index is 0.0667. The number of carbonyl (C=O) groups excluding carboxylic acids is 3.